The maximum absolute atomic E-state index is 11.5. The van der Waals surface area contributed by atoms with E-state index in [1.165, 1.54) is 0 Å². The lowest BCUT2D eigenvalue weighted by molar-refractivity contribution is 0.0979. The molecule has 0 aliphatic rings. The van der Waals surface area contributed by atoms with Gasteiger partial charge in [-0.25, -0.2) is 0 Å². The highest BCUT2D eigenvalue weighted by Gasteiger charge is 2.11. The number of nitrogens with one attached hydrogen (secondary N) is 1. The van der Waals surface area contributed by atoms with Crippen molar-refractivity contribution in [1.82, 2.24) is 4.84 Å². The third kappa shape index (κ3) is 2.77. The summed E-state index contributed by atoms with van der Waals surface area (Å²) in [4.78, 5) is 13.6. The molecule has 3 nitrogen and oxygen atoms in total. The second-order valence-corrected chi connectivity index (χ2v) is 3.52. The summed E-state index contributed by atoms with van der Waals surface area (Å²) in [5.41, 5.74) is 0.395. The van der Waals surface area contributed by atoms with Crippen molar-refractivity contribution in [1.29, 1.82) is 0 Å². The first kappa shape index (κ1) is 11.5. The normalized spacial score (nSPS) is 9.71. The molecule has 0 aliphatic heterocycles. The molecule has 86 valence electrons. The van der Waals surface area contributed by atoms with E-state index in [-0.39, 0.29) is 0 Å². The van der Waals surface area contributed by atoms with Gasteiger partial charge in [0.2, 0.25) is 0 Å². The average Bonchev–Trinajstić information content (AvgIpc) is 2.40. The van der Waals surface area contributed by atoms with E-state index >= 15 is 0 Å². The van der Waals surface area contributed by atoms with Crippen molar-refractivity contribution in [3.05, 3.63) is 60.2 Å². The summed E-state index contributed by atoms with van der Waals surface area (Å²) >= 11 is 5.31. The van der Waals surface area contributed by atoms with Crippen LogP contribution in [0.1, 0.15) is 10.4 Å². The number of para-hydroxylation sites is 2. The van der Waals surface area contributed by atoms with Crippen LogP contribution in [0, 0.1) is 0 Å². The molecule has 0 heterocycles. The Balaban J connectivity index is 2.30. The number of hydrogen-bond donors (Lipinski definition) is 1. The van der Waals surface area contributed by atoms with E-state index in [9.17, 15) is 4.79 Å². The molecule has 0 spiro atoms. The van der Waals surface area contributed by atoms with Gasteiger partial charge in [0.1, 0.15) is 11.5 Å². The van der Waals surface area contributed by atoms with Crippen LogP contribution in [-0.2, 0) is 0 Å². The van der Waals surface area contributed by atoms with Crippen molar-refractivity contribution in [2.24, 2.45) is 0 Å². The quantitative estimate of drug-likeness (QED) is 0.845. The Hall–Kier alpha value is -2.00. The lowest BCUT2D eigenvalue weighted by Crippen LogP contribution is -2.13. The fourth-order valence-corrected chi connectivity index (χ4v) is 1.51. The van der Waals surface area contributed by atoms with E-state index in [0.717, 1.165) is 0 Å². The van der Waals surface area contributed by atoms with Gasteiger partial charge < -0.3 is 4.74 Å². The van der Waals surface area contributed by atoms with Gasteiger partial charge in [-0.05, 0) is 24.3 Å². The fourth-order valence-electron chi connectivity index (χ4n) is 1.41. The molecular weight excluding hydrogens is 238 g/mol. The Morgan fingerprint density at radius 2 is 1.65 bits per heavy atom. The van der Waals surface area contributed by atoms with Gasteiger partial charge >= 0.3 is 0 Å². The van der Waals surface area contributed by atoms with Crippen LogP contribution >= 0.6 is 11.8 Å². The fraction of sp³-hybridized carbons (Fsp3) is 0. The van der Waals surface area contributed by atoms with Crippen LogP contribution in [0.4, 0.5) is 0 Å². The van der Waals surface area contributed by atoms with Crippen molar-refractivity contribution < 1.29 is 9.53 Å². The molecule has 0 unspecified atom stereocenters. The highest BCUT2D eigenvalue weighted by Crippen LogP contribution is 2.24. The molecule has 2 aromatic carbocycles. The van der Waals surface area contributed by atoms with Crippen molar-refractivity contribution in [3.8, 4) is 11.5 Å². The van der Waals surface area contributed by atoms with Crippen LogP contribution in [0.5, 0.6) is 11.5 Å². The zero-order valence-electron chi connectivity index (χ0n) is 8.89. The van der Waals surface area contributed by atoms with Crippen LogP contribution in [-0.4, -0.2) is 5.91 Å². The lowest BCUT2D eigenvalue weighted by Gasteiger charge is -2.09. The highest BCUT2D eigenvalue weighted by molar-refractivity contribution is 6.24. The summed E-state index contributed by atoms with van der Waals surface area (Å²) in [7, 11) is 0. The molecule has 0 saturated heterocycles. The summed E-state index contributed by atoms with van der Waals surface area (Å²) in [5, 5.41) is 0. The average molecular weight is 248 g/mol. The molecule has 2 aromatic rings. The van der Waals surface area contributed by atoms with Crippen LogP contribution < -0.4 is 9.57 Å². The Labute approximate surface area is 104 Å². The molecule has 17 heavy (non-hydrogen) atoms. The van der Waals surface area contributed by atoms with E-state index in [1.54, 1.807) is 24.3 Å². The Morgan fingerprint density at radius 1 is 1.00 bits per heavy atom. The molecule has 1 amide bonds. The van der Waals surface area contributed by atoms with Crippen LogP contribution in [0.15, 0.2) is 54.6 Å². The Morgan fingerprint density at radius 3 is 2.35 bits per heavy atom. The minimum Gasteiger partial charge on any atom is -0.457 e. The number of halogens is 1. The number of amides is 1. The minimum atomic E-state index is -0.391. The van der Waals surface area contributed by atoms with Gasteiger partial charge in [-0.15, -0.1) is 0 Å². The first-order valence-electron chi connectivity index (χ1n) is 5.04. The largest absolute Gasteiger partial charge is 0.457 e. The van der Waals surface area contributed by atoms with Gasteiger partial charge in [0.15, 0.2) is 0 Å². The molecule has 4 heteroatoms. The monoisotopic (exact) mass is 247 g/mol. The van der Waals surface area contributed by atoms with Gasteiger partial charge in [-0.1, -0.05) is 30.3 Å². The SMILES string of the molecule is O=C(NCl)c1ccccc1Oc1ccccc1. The molecule has 0 radical (unpaired) electrons. The minimum absolute atomic E-state index is 0.391. The summed E-state index contributed by atoms with van der Waals surface area (Å²) in [5.74, 6) is 0.748. The second kappa shape index (κ2) is 5.37. The molecule has 0 saturated carbocycles. The lowest BCUT2D eigenvalue weighted by atomic mass is 10.2. The molecule has 0 aliphatic carbocycles. The molecule has 0 aromatic heterocycles. The van der Waals surface area contributed by atoms with Crippen molar-refractivity contribution in [3.63, 3.8) is 0 Å². The summed E-state index contributed by atoms with van der Waals surface area (Å²) < 4.78 is 5.61. The first-order valence-corrected chi connectivity index (χ1v) is 5.42. The van der Waals surface area contributed by atoms with Gasteiger partial charge in [-0.3, -0.25) is 9.63 Å². The van der Waals surface area contributed by atoms with Crippen LogP contribution in [0.25, 0.3) is 0 Å². The number of rotatable bonds is 3. The third-order valence-corrected chi connectivity index (χ3v) is 2.36. The van der Waals surface area contributed by atoms with E-state index in [2.05, 4.69) is 4.84 Å². The molecule has 0 atom stereocenters. The zero-order valence-corrected chi connectivity index (χ0v) is 9.65. The third-order valence-electron chi connectivity index (χ3n) is 2.19. The smallest absolute Gasteiger partial charge is 0.269 e. The number of carbonyl (C=O) groups excluding carboxylic acids is 1. The maximum Gasteiger partial charge on any atom is 0.269 e. The Bertz CT molecular complexity index is 514. The predicted octanol–water partition coefficient (Wildman–Crippen LogP) is 3.36. The van der Waals surface area contributed by atoms with Crippen molar-refractivity contribution >= 4 is 17.7 Å². The van der Waals surface area contributed by atoms with E-state index in [4.69, 9.17) is 16.5 Å². The van der Waals surface area contributed by atoms with Crippen LogP contribution in [0.3, 0.4) is 0 Å². The van der Waals surface area contributed by atoms with Crippen molar-refractivity contribution in [2.45, 2.75) is 0 Å². The maximum atomic E-state index is 11.5. The molecule has 2 rings (SSSR count). The van der Waals surface area contributed by atoms with E-state index in [0.29, 0.717) is 17.1 Å². The number of ether oxygens (including phenoxy) is 1. The van der Waals surface area contributed by atoms with Gasteiger partial charge in [0.05, 0.1) is 5.56 Å². The first-order chi connectivity index (χ1) is 8.31. The van der Waals surface area contributed by atoms with E-state index in [1.807, 2.05) is 30.3 Å². The van der Waals surface area contributed by atoms with Crippen molar-refractivity contribution in [2.75, 3.05) is 0 Å². The summed E-state index contributed by atoms with van der Waals surface area (Å²) in [6.07, 6.45) is 0. The number of hydrogen-bond acceptors (Lipinski definition) is 2. The predicted molar refractivity (Wildman–Crippen MR) is 66.3 cm³/mol. The van der Waals surface area contributed by atoms with Gasteiger partial charge in [-0.2, -0.15) is 0 Å². The summed E-state index contributed by atoms with van der Waals surface area (Å²) in [6, 6.07) is 16.2. The Kier molecular flexibility index (Phi) is 3.62. The standard InChI is InChI=1S/C13H10ClNO2/c14-15-13(16)11-8-4-5-9-12(11)17-10-6-2-1-3-7-10/h1-9H,(H,15,16). The number of benzene rings is 2. The topological polar surface area (TPSA) is 38.3 Å². The highest BCUT2D eigenvalue weighted by atomic mass is 35.5. The van der Waals surface area contributed by atoms with E-state index < -0.39 is 5.91 Å². The molecule has 1 N–H and O–H groups in total. The van der Waals surface area contributed by atoms with Gasteiger partial charge in [0.25, 0.3) is 5.91 Å². The number of carbonyl (C=O) groups is 1. The van der Waals surface area contributed by atoms with Gasteiger partial charge in [0, 0.05) is 11.8 Å². The molecule has 0 bridgehead atoms. The second-order valence-electron chi connectivity index (χ2n) is 3.33. The molecular formula is C13H10ClNO2. The van der Waals surface area contributed by atoms with Crippen LogP contribution in [0.2, 0.25) is 0 Å². The zero-order chi connectivity index (χ0) is 12.1. The summed E-state index contributed by atoms with van der Waals surface area (Å²) in [6.45, 7) is 0. The molecule has 0 fully saturated rings.